The largest absolute Gasteiger partial charge is 0.389 e. The lowest BCUT2D eigenvalue weighted by atomic mass is 10.1. The van der Waals surface area contributed by atoms with Gasteiger partial charge in [0.05, 0.1) is 18.0 Å². The molecule has 0 saturated heterocycles. The van der Waals surface area contributed by atoms with Gasteiger partial charge in [-0.25, -0.2) is 13.1 Å². The molecule has 19 heavy (non-hydrogen) atoms. The molecular weight excluding hydrogens is 270 g/mol. The Labute approximate surface area is 110 Å². The molecule has 0 amide bonds. The highest BCUT2D eigenvalue weighted by molar-refractivity contribution is 7.92. The number of nitrogens with one attached hydrogen (secondary N) is 1. The maximum absolute atomic E-state index is 12.0. The Morgan fingerprint density at radius 1 is 1.32 bits per heavy atom. The number of rotatable bonds is 4. The number of tetrazole rings is 1. The third kappa shape index (κ3) is 3.06. The summed E-state index contributed by atoms with van der Waals surface area (Å²) in [6.07, 6.45) is -0.647. The number of aromatic nitrogens is 4. The molecule has 2 N–H and O–H groups in total. The fraction of sp³-hybridized carbons (Fsp3) is 0.300. The molecule has 0 radical (unpaired) electrons. The zero-order valence-electron chi connectivity index (χ0n) is 10.3. The van der Waals surface area contributed by atoms with Crippen molar-refractivity contribution in [1.82, 2.24) is 20.2 Å². The summed E-state index contributed by atoms with van der Waals surface area (Å²) in [5, 5.41) is 20.2. The molecule has 0 aliphatic carbocycles. The van der Waals surface area contributed by atoms with Crippen LogP contribution in [0.15, 0.2) is 29.2 Å². The summed E-state index contributed by atoms with van der Waals surface area (Å²) in [5.74, 6) is -0.0953. The monoisotopic (exact) mass is 283 g/mol. The minimum Gasteiger partial charge on any atom is -0.389 e. The smallest absolute Gasteiger partial charge is 0.277 e. The number of aliphatic hydroxyl groups excluding tert-OH is 1. The van der Waals surface area contributed by atoms with Crippen molar-refractivity contribution >= 4 is 16.0 Å². The molecule has 0 fully saturated rings. The number of anilines is 1. The molecule has 1 unspecified atom stereocenters. The van der Waals surface area contributed by atoms with Gasteiger partial charge in [-0.1, -0.05) is 17.2 Å². The molecule has 9 heteroatoms. The second kappa shape index (κ2) is 4.94. The van der Waals surface area contributed by atoms with E-state index in [9.17, 15) is 13.5 Å². The highest BCUT2D eigenvalue weighted by Gasteiger charge is 2.16. The van der Waals surface area contributed by atoms with Crippen LogP contribution in [0, 0.1) is 0 Å². The molecule has 0 aliphatic heterocycles. The van der Waals surface area contributed by atoms with Crippen LogP contribution < -0.4 is 4.72 Å². The van der Waals surface area contributed by atoms with Gasteiger partial charge in [0.2, 0.25) is 0 Å². The topological polar surface area (TPSA) is 110 Å². The second-order valence-electron chi connectivity index (χ2n) is 3.95. The molecule has 0 bridgehead atoms. The van der Waals surface area contributed by atoms with Gasteiger partial charge in [-0.3, -0.25) is 0 Å². The van der Waals surface area contributed by atoms with Gasteiger partial charge in [-0.05, 0) is 29.8 Å². The Kier molecular flexibility index (Phi) is 3.49. The van der Waals surface area contributed by atoms with Crippen molar-refractivity contribution < 1.29 is 13.5 Å². The zero-order valence-corrected chi connectivity index (χ0v) is 11.2. The minimum atomic E-state index is -3.75. The van der Waals surface area contributed by atoms with Crippen molar-refractivity contribution in [3.63, 3.8) is 0 Å². The Bertz CT molecular complexity index is 663. The zero-order chi connectivity index (χ0) is 14.0. The Morgan fingerprint density at radius 3 is 2.42 bits per heavy atom. The lowest BCUT2D eigenvalue weighted by Gasteiger charge is -2.07. The number of hydrogen-bond acceptors (Lipinski definition) is 6. The highest BCUT2D eigenvalue weighted by Crippen LogP contribution is 2.17. The summed E-state index contributed by atoms with van der Waals surface area (Å²) in [6.45, 7) is 1.60. The summed E-state index contributed by atoms with van der Waals surface area (Å²) in [4.78, 5) is 1.21. The standard InChI is InChI=1S/C10H13N5O3S/c1-7(16)8-3-5-9(6-4-8)19(17,18)13-10-11-14-15(2)12-10/h3-7,16H,1-2H3,(H,12,13). The lowest BCUT2D eigenvalue weighted by molar-refractivity contribution is 0.199. The van der Waals surface area contributed by atoms with Crippen LogP contribution in [0.4, 0.5) is 5.95 Å². The number of hydrogen-bond donors (Lipinski definition) is 2. The van der Waals surface area contributed by atoms with E-state index in [1.165, 1.54) is 19.2 Å². The van der Waals surface area contributed by atoms with Gasteiger partial charge in [-0.15, -0.1) is 5.10 Å². The third-order valence-electron chi connectivity index (χ3n) is 2.41. The van der Waals surface area contributed by atoms with E-state index < -0.39 is 16.1 Å². The van der Waals surface area contributed by atoms with Gasteiger partial charge >= 0.3 is 0 Å². The number of benzene rings is 1. The number of aliphatic hydroxyl groups is 1. The molecule has 1 heterocycles. The molecular formula is C10H13N5O3S. The summed E-state index contributed by atoms with van der Waals surface area (Å²) >= 11 is 0. The highest BCUT2D eigenvalue weighted by atomic mass is 32.2. The minimum absolute atomic E-state index is 0.0596. The van der Waals surface area contributed by atoms with Crippen LogP contribution in [0.5, 0.6) is 0 Å². The number of aryl methyl sites for hydroxylation is 1. The Morgan fingerprint density at radius 2 is 1.95 bits per heavy atom. The summed E-state index contributed by atoms with van der Waals surface area (Å²) < 4.78 is 26.2. The van der Waals surface area contributed by atoms with E-state index in [1.807, 2.05) is 0 Å². The first-order valence-electron chi connectivity index (χ1n) is 5.43. The lowest BCUT2D eigenvalue weighted by Crippen LogP contribution is -2.14. The van der Waals surface area contributed by atoms with Crippen LogP contribution in [-0.4, -0.2) is 33.7 Å². The average Bonchev–Trinajstić information content (AvgIpc) is 2.74. The van der Waals surface area contributed by atoms with Crippen LogP contribution in [0.25, 0.3) is 0 Å². The van der Waals surface area contributed by atoms with E-state index in [2.05, 4.69) is 20.1 Å². The fourth-order valence-electron chi connectivity index (χ4n) is 1.43. The van der Waals surface area contributed by atoms with E-state index in [0.29, 0.717) is 5.56 Å². The summed E-state index contributed by atoms with van der Waals surface area (Å²) in [6, 6.07) is 5.90. The van der Waals surface area contributed by atoms with Gasteiger partial charge < -0.3 is 5.11 Å². The van der Waals surface area contributed by atoms with Crippen LogP contribution >= 0.6 is 0 Å². The Hall–Kier alpha value is -2.00. The predicted molar refractivity (Wildman–Crippen MR) is 66.7 cm³/mol. The maximum Gasteiger partial charge on any atom is 0.277 e. The van der Waals surface area contributed by atoms with Crippen LogP contribution in [0.1, 0.15) is 18.6 Å². The molecule has 2 rings (SSSR count). The average molecular weight is 283 g/mol. The number of sulfonamides is 1. The fourth-order valence-corrected chi connectivity index (χ4v) is 2.36. The van der Waals surface area contributed by atoms with Crippen molar-refractivity contribution in [1.29, 1.82) is 0 Å². The molecule has 102 valence electrons. The first-order chi connectivity index (χ1) is 8.88. The van der Waals surface area contributed by atoms with Gasteiger partial charge in [0.1, 0.15) is 0 Å². The number of nitrogens with zero attached hydrogens (tertiary/aromatic N) is 4. The molecule has 0 aliphatic rings. The maximum atomic E-state index is 12.0. The molecule has 2 aromatic rings. The molecule has 0 saturated carbocycles. The molecule has 0 spiro atoms. The van der Waals surface area contributed by atoms with E-state index in [1.54, 1.807) is 19.1 Å². The van der Waals surface area contributed by atoms with Gasteiger partial charge in [-0.2, -0.15) is 4.80 Å². The van der Waals surface area contributed by atoms with Gasteiger partial charge in [0, 0.05) is 0 Å². The van der Waals surface area contributed by atoms with E-state index in [-0.39, 0.29) is 10.8 Å². The molecule has 1 aromatic carbocycles. The van der Waals surface area contributed by atoms with Crippen LogP contribution in [-0.2, 0) is 17.1 Å². The SMILES string of the molecule is CC(O)c1ccc(S(=O)(=O)Nc2nnn(C)n2)cc1. The predicted octanol–water partition coefficient (Wildman–Crippen LogP) is 0.0642. The Balaban J connectivity index is 2.24. The van der Waals surface area contributed by atoms with Crippen LogP contribution in [0.2, 0.25) is 0 Å². The normalized spacial score (nSPS) is 13.2. The quantitative estimate of drug-likeness (QED) is 0.821. The molecule has 1 atom stereocenters. The third-order valence-corrected chi connectivity index (χ3v) is 3.75. The van der Waals surface area contributed by atoms with E-state index in [4.69, 9.17) is 0 Å². The summed E-state index contributed by atoms with van der Waals surface area (Å²) in [5.41, 5.74) is 0.636. The first kappa shape index (κ1) is 13.4. The summed E-state index contributed by atoms with van der Waals surface area (Å²) in [7, 11) is -2.22. The van der Waals surface area contributed by atoms with Crippen molar-refractivity contribution in [3.8, 4) is 0 Å². The van der Waals surface area contributed by atoms with Crippen molar-refractivity contribution in [2.24, 2.45) is 7.05 Å². The first-order valence-corrected chi connectivity index (χ1v) is 6.91. The van der Waals surface area contributed by atoms with Crippen molar-refractivity contribution in [3.05, 3.63) is 29.8 Å². The van der Waals surface area contributed by atoms with E-state index >= 15 is 0 Å². The molecule has 8 nitrogen and oxygen atoms in total. The van der Waals surface area contributed by atoms with Crippen molar-refractivity contribution in [2.75, 3.05) is 4.72 Å². The second-order valence-corrected chi connectivity index (χ2v) is 5.64. The van der Waals surface area contributed by atoms with E-state index in [0.717, 1.165) is 4.80 Å². The van der Waals surface area contributed by atoms with Gasteiger partial charge in [0.25, 0.3) is 16.0 Å². The van der Waals surface area contributed by atoms with Crippen molar-refractivity contribution in [2.45, 2.75) is 17.9 Å². The van der Waals surface area contributed by atoms with Gasteiger partial charge in [0.15, 0.2) is 0 Å². The van der Waals surface area contributed by atoms with Crippen LogP contribution in [0.3, 0.4) is 0 Å². The molecule has 1 aromatic heterocycles.